The van der Waals surface area contributed by atoms with Crippen LogP contribution in [0.4, 0.5) is 0 Å². The molecule has 0 radical (unpaired) electrons. The highest BCUT2D eigenvalue weighted by atomic mass is 79.9. The SMILES string of the molecule is O=C(NC(CCO)c1ccccc1)c1cc(Br)c[nH]1. The Labute approximate surface area is 120 Å². The van der Waals surface area contributed by atoms with Gasteiger partial charge in [-0.2, -0.15) is 0 Å². The largest absolute Gasteiger partial charge is 0.396 e. The van der Waals surface area contributed by atoms with Crippen LogP contribution in [0.5, 0.6) is 0 Å². The zero-order chi connectivity index (χ0) is 13.7. The van der Waals surface area contributed by atoms with Crippen LogP contribution in [0.3, 0.4) is 0 Å². The van der Waals surface area contributed by atoms with Crippen molar-refractivity contribution in [1.29, 1.82) is 0 Å². The van der Waals surface area contributed by atoms with Gasteiger partial charge in [-0.15, -0.1) is 0 Å². The quantitative estimate of drug-likeness (QED) is 0.792. The van der Waals surface area contributed by atoms with Crippen LogP contribution >= 0.6 is 15.9 Å². The number of aliphatic hydroxyl groups excluding tert-OH is 1. The highest BCUT2D eigenvalue weighted by molar-refractivity contribution is 9.10. The molecule has 1 aromatic heterocycles. The average Bonchev–Trinajstić information content (AvgIpc) is 2.86. The van der Waals surface area contributed by atoms with Gasteiger partial charge in [0, 0.05) is 17.3 Å². The summed E-state index contributed by atoms with van der Waals surface area (Å²) in [6.07, 6.45) is 2.19. The van der Waals surface area contributed by atoms with Crippen LogP contribution in [0.25, 0.3) is 0 Å². The molecule has 0 aliphatic heterocycles. The molecule has 0 spiro atoms. The first-order valence-corrected chi connectivity index (χ1v) is 6.80. The highest BCUT2D eigenvalue weighted by Crippen LogP contribution is 2.17. The molecule has 0 aliphatic carbocycles. The summed E-state index contributed by atoms with van der Waals surface area (Å²) in [6, 6.07) is 11.1. The molecule has 1 amide bonds. The van der Waals surface area contributed by atoms with E-state index in [0.717, 1.165) is 10.0 Å². The number of benzene rings is 1. The van der Waals surface area contributed by atoms with Gasteiger partial charge in [-0.05, 0) is 34.0 Å². The maximum Gasteiger partial charge on any atom is 0.268 e. The molecule has 0 fully saturated rings. The Kier molecular flexibility index (Phi) is 4.76. The van der Waals surface area contributed by atoms with Gasteiger partial charge in [0.05, 0.1) is 6.04 Å². The number of carbonyl (C=O) groups is 1. The summed E-state index contributed by atoms with van der Waals surface area (Å²) >= 11 is 3.29. The standard InChI is InChI=1S/C14H15BrN2O2/c15-11-8-13(16-9-11)14(19)17-12(6-7-18)10-4-2-1-3-5-10/h1-5,8-9,12,16,18H,6-7H2,(H,17,19). The number of amides is 1. The van der Waals surface area contributed by atoms with E-state index in [9.17, 15) is 4.79 Å². The smallest absolute Gasteiger partial charge is 0.268 e. The topological polar surface area (TPSA) is 65.1 Å². The zero-order valence-electron chi connectivity index (χ0n) is 10.3. The number of carbonyl (C=O) groups excluding carboxylic acids is 1. The van der Waals surface area contributed by atoms with Crippen molar-refractivity contribution >= 4 is 21.8 Å². The fourth-order valence-electron chi connectivity index (χ4n) is 1.87. The van der Waals surface area contributed by atoms with Crippen LogP contribution in [0.15, 0.2) is 47.1 Å². The van der Waals surface area contributed by atoms with Crippen LogP contribution in [0.2, 0.25) is 0 Å². The van der Waals surface area contributed by atoms with Crippen LogP contribution in [-0.2, 0) is 0 Å². The number of rotatable bonds is 5. The fraction of sp³-hybridized carbons (Fsp3) is 0.214. The zero-order valence-corrected chi connectivity index (χ0v) is 11.9. The Morgan fingerprint density at radius 3 is 2.68 bits per heavy atom. The first-order chi connectivity index (χ1) is 9.20. The molecule has 1 atom stereocenters. The lowest BCUT2D eigenvalue weighted by Gasteiger charge is -2.17. The summed E-state index contributed by atoms with van der Waals surface area (Å²) in [7, 11) is 0. The van der Waals surface area contributed by atoms with Crippen LogP contribution in [0, 0.1) is 0 Å². The van der Waals surface area contributed by atoms with E-state index in [-0.39, 0.29) is 18.6 Å². The second-order valence-corrected chi connectivity index (χ2v) is 5.10. The fourth-order valence-corrected chi connectivity index (χ4v) is 2.21. The number of aromatic amines is 1. The Hall–Kier alpha value is -1.59. The van der Waals surface area contributed by atoms with Gasteiger partial charge in [0.25, 0.3) is 5.91 Å². The minimum atomic E-state index is -0.194. The van der Waals surface area contributed by atoms with E-state index < -0.39 is 0 Å². The lowest BCUT2D eigenvalue weighted by Crippen LogP contribution is -2.29. The van der Waals surface area contributed by atoms with Gasteiger partial charge in [0.1, 0.15) is 5.69 Å². The van der Waals surface area contributed by atoms with Gasteiger partial charge in [-0.1, -0.05) is 30.3 Å². The molecule has 0 aliphatic rings. The Bertz CT molecular complexity index is 539. The second kappa shape index (κ2) is 6.54. The molecule has 0 saturated heterocycles. The highest BCUT2D eigenvalue weighted by Gasteiger charge is 2.16. The number of nitrogens with one attached hydrogen (secondary N) is 2. The van der Waals surface area contributed by atoms with Gasteiger partial charge in [-0.25, -0.2) is 0 Å². The minimum Gasteiger partial charge on any atom is -0.396 e. The minimum absolute atomic E-state index is 0.0221. The molecular formula is C14H15BrN2O2. The summed E-state index contributed by atoms with van der Waals surface area (Å²) in [5.74, 6) is -0.187. The van der Waals surface area contributed by atoms with Crippen molar-refractivity contribution in [3.63, 3.8) is 0 Å². The Morgan fingerprint density at radius 1 is 1.37 bits per heavy atom. The molecule has 100 valence electrons. The van der Waals surface area contributed by atoms with Gasteiger partial charge in [0.2, 0.25) is 0 Å². The molecule has 0 saturated carbocycles. The van der Waals surface area contributed by atoms with E-state index >= 15 is 0 Å². The first-order valence-electron chi connectivity index (χ1n) is 6.01. The lowest BCUT2D eigenvalue weighted by atomic mass is 10.0. The van der Waals surface area contributed by atoms with E-state index in [2.05, 4.69) is 26.2 Å². The van der Waals surface area contributed by atoms with E-state index in [0.29, 0.717) is 12.1 Å². The van der Waals surface area contributed by atoms with E-state index in [1.165, 1.54) is 0 Å². The number of H-pyrrole nitrogens is 1. The van der Waals surface area contributed by atoms with Crippen molar-refractivity contribution in [2.75, 3.05) is 6.61 Å². The van der Waals surface area contributed by atoms with Crippen molar-refractivity contribution in [2.45, 2.75) is 12.5 Å². The molecule has 4 nitrogen and oxygen atoms in total. The Morgan fingerprint density at radius 2 is 2.11 bits per heavy atom. The third-order valence-electron chi connectivity index (χ3n) is 2.82. The predicted molar refractivity (Wildman–Crippen MR) is 76.8 cm³/mol. The first kappa shape index (κ1) is 13.8. The molecule has 2 aromatic rings. The third kappa shape index (κ3) is 3.68. The van der Waals surface area contributed by atoms with Crippen molar-refractivity contribution in [1.82, 2.24) is 10.3 Å². The van der Waals surface area contributed by atoms with Crippen LogP contribution in [-0.4, -0.2) is 22.6 Å². The van der Waals surface area contributed by atoms with Gasteiger partial charge < -0.3 is 15.4 Å². The maximum atomic E-state index is 12.1. The molecule has 5 heteroatoms. The molecule has 1 aromatic carbocycles. The van der Waals surface area contributed by atoms with E-state index in [1.54, 1.807) is 12.3 Å². The average molecular weight is 323 g/mol. The van der Waals surface area contributed by atoms with Gasteiger partial charge in [-0.3, -0.25) is 4.79 Å². The number of halogens is 1. The molecule has 1 heterocycles. The van der Waals surface area contributed by atoms with Crippen LogP contribution < -0.4 is 5.32 Å². The van der Waals surface area contributed by atoms with Gasteiger partial charge in [0.15, 0.2) is 0 Å². The molecule has 3 N–H and O–H groups in total. The monoisotopic (exact) mass is 322 g/mol. The number of hydrogen-bond acceptors (Lipinski definition) is 2. The number of aromatic nitrogens is 1. The second-order valence-electron chi connectivity index (χ2n) is 4.18. The summed E-state index contributed by atoms with van der Waals surface area (Å²) in [5.41, 5.74) is 1.47. The third-order valence-corrected chi connectivity index (χ3v) is 3.28. The normalized spacial score (nSPS) is 12.1. The predicted octanol–water partition coefficient (Wildman–Crippen LogP) is 2.63. The van der Waals surface area contributed by atoms with Crippen molar-refractivity contribution < 1.29 is 9.90 Å². The summed E-state index contributed by atoms with van der Waals surface area (Å²) < 4.78 is 0.830. The lowest BCUT2D eigenvalue weighted by molar-refractivity contribution is 0.0925. The van der Waals surface area contributed by atoms with E-state index in [4.69, 9.17) is 5.11 Å². The van der Waals surface area contributed by atoms with Crippen molar-refractivity contribution in [3.8, 4) is 0 Å². The summed E-state index contributed by atoms with van der Waals surface area (Å²) in [4.78, 5) is 15.0. The summed E-state index contributed by atoms with van der Waals surface area (Å²) in [6.45, 7) is 0.0221. The molecule has 2 rings (SSSR count). The van der Waals surface area contributed by atoms with Crippen LogP contribution in [0.1, 0.15) is 28.5 Å². The number of aliphatic hydroxyl groups is 1. The molecule has 0 bridgehead atoms. The molecule has 19 heavy (non-hydrogen) atoms. The van der Waals surface area contributed by atoms with Crippen molar-refractivity contribution in [2.24, 2.45) is 0 Å². The number of hydrogen-bond donors (Lipinski definition) is 3. The molecule has 1 unspecified atom stereocenters. The maximum absolute atomic E-state index is 12.1. The Balaban J connectivity index is 2.11. The summed E-state index contributed by atoms with van der Waals surface area (Å²) in [5, 5.41) is 12.0. The van der Waals surface area contributed by atoms with Crippen molar-refractivity contribution in [3.05, 3.63) is 58.3 Å². The molecular weight excluding hydrogens is 308 g/mol. The van der Waals surface area contributed by atoms with E-state index in [1.807, 2.05) is 30.3 Å². The van der Waals surface area contributed by atoms with Gasteiger partial charge >= 0.3 is 0 Å².